The lowest BCUT2D eigenvalue weighted by Gasteiger charge is -2.29. The number of carbonyl (C=O) groups excluding carboxylic acids is 2. The highest BCUT2D eigenvalue weighted by atomic mass is 16.6. The van der Waals surface area contributed by atoms with Crippen LogP contribution in [0.2, 0.25) is 0 Å². The zero-order valence-electron chi connectivity index (χ0n) is 18.0. The number of allylic oxidation sites excluding steroid dienone is 2. The fraction of sp³-hybridized carbons (Fsp3) is 0.609. The van der Waals surface area contributed by atoms with Crippen LogP contribution in [0, 0.1) is 5.92 Å². The molecule has 0 radical (unpaired) electrons. The Hall–Kier alpha value is -2.45. The van der Waals surface area contributed by atoms with Crippen molar-refractivity contribution in [2.24, 2.45) is 11.7 Å². The Morgan fingerprint density at radius 2 is 2.19 bits per heavy atom. The predicted molar refractivity (Wildman–Crippen MR) is 116 cm³/mol. The van der Waals surface area contributed by atoms with E-state index >= 15 is 0 Å². The number of aliphatic carboxylic acids is 1. The number of epoxide rings is 1. The molecule has 2 saturated heterocycles. The molecule has 2 heterocycles. The summed E-state index contributed by atoms with van der Waals surface area (Å²) in [4.78, 5) is 34.2. The van der Waals surface area contributed by atoms with E-state index in [9.17, 15) is 19.5 Å². The summed E-state index contributed by atoms with van der Waals surface area (Å²) in [5, 5.41) is 15.2. The molecule has 0 aromatic carbocycles. The number of rotatable bonds is 12. The summed E-state index contributed by atoms with van der Waals surface area (Å²) in [5.41, 5.74) is 5.75. The molecular formula is C23H33N3O5. The molecular weight excluding hydrogens is 398 g/mol. The van der Waals surface area contributed by atoms with Gasteiger partial charge in [-0.2, -0.15) is 0 Å². The summed E-state index contributed by atoms with van der Waals surface area (Å²) >= 11 is 0. The van der Waals surface area contributed by atoms with Crippen LogP contribution in [-0.2, 0) is 19.1 Å². The zero-order chi connectivity index (χ0) is 22.4. The summed E-state index contributed by atoms with van der Waals surface area (Å²) in [7, 11) is 0. The molecule has 1 spiro atoms. The molecule has 5 N–H and O–H groups in total. The molecule has 2 fully saturated rings. The van der Waals surface area contributed by atoms with Crippen molar-refractivity contribution in [1.82, 2.24) is 10.6 Å². The van der Waals surface area contributed by atoms with Crippen LogP contribution in [0.3, 0.4) is 0 Å². The van der Waals surface area contributed by atoms with Crippen LogP contribution < -0.4 is 16.4 Å². The molecule has 0 saturated carbocycles. The summed E-state index contributed by atoms with van der Waals surface area (Å²) in [6, 6.07) is -0.998. The highest BCUT2D eigenvalue weighted by molar-refractivity contribution is 5.91. The third-order valence-corrected chi connectivity index (χ3v) is 6.34. The second-order valence-electron chi connectivity index (χ2n) is 8.57. The molecule has 2 aliphatic heterocycles. The minimum atomic E-state index is -1.20. The molecule has 3 aliphatic rings. The summed E-state index contributed by atoms with van der Waals surface area (Å²) in [5.74, 6) is -1.85. The Morgan fingerprint density at radius 1 is 1.39 bits per heavy atom. The Balaban J connectivity index is 1.55. The van der Waals surface area contributed by atoms with Crippen LogP contribution >= 0.6 is 0 Å². The van der Waals surface area contributed by atoms with Crippen LogP contribution in [0.5, 0.6) is 0 Å². The van der Waals surface area contributed by atoms with E-state index in [4.69, 9.17) is 10.5 Å². The summed E-state index contributed by atoms with van der Waals surface area (Å²) in [6.45, 7) is 3.17. The van der Waals surface area contributed by atoms with Gasteiger partial charge in [0.2, 0.25) is 11.8 Å². The number of carbonyl (C=O) groups is 3. The lowest BCUT2D eigenvalue weighted by atomic mass is 9.81. The lowest BCUT2D eigenvalue weighted by molar-refractivity contribution is -0.141. The third-order valence-electron chi connectivity index (χ3n) is 6.34. The number of amides is 2. The number of carboxylic acids is 1. The van der Waals surface area contributed by atoms with Gasteiger partial charge in [-0.3, -0.25) is 9.59 Å². The SMILES string of the molecule is CCCCCC[C@H]1CN[C@@H]2C=C/C(=C/C=C/C(=O)N[C@@H](CCC(N)=O)C(=O)O)[C@]23O[C@H]13. The molecule has 0 aromatic heterocycles. The lowest BCUT2D eigenvalue weighted by Crippen LogP contribution is -2.49. The number of piperidine rings is 1. The Labute approximate surface area is 183 Å². The van der Waals surface area contributed by atoms with Gasteiger partial charge in [0.15, 0.2) is 0 Å². The molecule has 0 aromatic rings. The second kappa shape index (κ2) is 10.2. The number of ether oxygens (including phenoxy) is 1. The predicted octanol–water partition coefficient (Wildman–Crippen LogP) is 1.57. The number of carboxylic acid groups (broad SMARTS) is 1. The molecule has 0 bridgehead atoms. The number of hydrogen-bond donors (Lipinski definition) is 4. The zero-order valence-corrected chi connectivity index (χ0v) is 18.0. The fourth-order valence-corrected chi connectivity index (χ4v) is 4.64. The van der Waals surface area contributed by atoms with Gasteiger partial charge in [-0.05, 0) is 18.4 Å². The van der Waals surface area contributed by atoms with Gasteiger partial charge in [0.1, 0.15) is 11.6 Å². The summed E-state index contributed by atoms with van der Waals surface area (Å²) < 4.78 is 6.23. The minimum absolute atomic E-state index is 0.0420. The maximum absolute atomic E-state index is 12.1. The van der Waals surface area contributed by atoms with Gasteiger partial charge in [-0.1, -0.05) is 56.9 Å². The first-order valence-electron chi connectivity index (χ1n) is 11.2. The average molecular weight is 432 g/mol. The van der Waals surface area contributed by atoms with Crippen molar-refractivity contribution in [3.8, 4) is 0 Å². The molecule has 2 amide bonds. The van der Waals surface area contributed by atoms with Crippen molar-refractivity contribution in [1.29, 1.82) is 0 Å². The first kappa shape index (κ1) is 23.2. The van der Waals surface area contributed by atoms with E-state index in [0.29, 0.717) is 5.92 Å². The van der Waals surface area contributed by atoms with Crippen LogP contribution in [0.25, 0.3) is 0 Å². The number of hydrogen-bond acceptors (Lipinski definition) is 5. The van der Waals surface area contributed by atoms with Crippen molar-refractivity contribution < 1.29 is 24.2 Å². The first-order chi connectivity index (χ1) is 14.9. The van der Waals surface area contributed by atoms with Gasteiger partial charge in [-0.25, -0.2) is 4.79 Å². The molecule has 8 heteroatoms. The van der Waals surface area contributed by atoms with E-state index in [2.05, 4.69) is 23.6 Å². The van der Waals surface area contributed by atoms with E-state index in [1.165, 1.54) is 31.8 Å². The van der Waals surface area contributed by atoms with Gasteiger partial charge in [-0.15, -0.1) is 0 Å². The fourth-order valence-electron chi connectivity index (χ4n) is 4.64. The molecule has 5 atom stereocenters. The molecule has 1 aliphatic carbocycles. The standard InChI is InChI=1S/C23H33N3O5/c1-2-3-4-5-7-15-14-25-18-12-10-16(23(18)21(15)31-23)8-6-9-20(28)26-17(22(29)30)11-13-19(24)27/h6,8-10,12,15,17-18,21,25H,2-5,7,11,13-14H2,1H3,(H2,24,27)(H,26,28)(H,29,30)/b9-6+,16-8-/t15-,17-,18+,21+,23-/m0/s1. The number of unbranched alkanes of at least 4 members (excludes halogenated alkanes) is 3. The molecule has 0 unspecified atom stereocenters. The number of nitrogens with two attached hydrogens (primary N) is 1. The Morgan fingerprint density at radius 3 is 2.90 bits per heavy atom. The van der Waals surface area contributed by atoms with Gasteiger partial charge < -0.3 is 26.2 Å². The van der Waals surface area contributed by atoms with Gasteiger partial charge in [0.25, 0.3) is 0 Å². The molecule has 31 heavy (non-hydrogen) atoms. The average Bonchev–Trinajstić information content (AvgIpc) is 3.39. The molecule has 170 valence electrons. The van der Waals surface area contributed by atoms with E-state index in [1.54, 1.807) is 6.08 Å². The van der Waals surface area contributed by atoms with Crippen molar-refractivity contribution >= 4 is 17.8 Å². The van der Waals surface area contributed by atoms with Crippen molar-refractivity contribution in [2.75, 3.05) is 6.54 Å². The number of primary amides is 1. The Kier molecular flexibility index (Phi) is 7.67. The van der Waals surface area contributed by atoms with E-state index in [1.807, 2.05) is 12.2 Å². The van der Waals surface area contributed by atoms with Crippen LogP contribution in [0.15, 0.2) is 36.0 Å². The topological polar surface area (TPSA) is 134 Å². The largest absolute Gasteiger partial charge is 0.480 e. The number of nitrogens with one attached hydrogen (secondary N) is 2. The maximum atomic E-state index is 12.1. The highest BCUT2D eigenvalue weighted by Crippen LogP contribution is 2.56. The third kappa shape index (κ3) is 5.43. The van der Waals surface area contributed by atoms with Gasteiger partial charge >= 0.3 is 5.97 Å². The molecule has 3 rings (SSSR count). The summed E-state index contributed by atoms with van der Waals surface area (Å²) in [6.07, 6.45) is 15.1. The normalized spacial score (nSPS) is 30.7. The van der Waals surface area contributed by atoms with Crippen molar-refractivity contribution in [3.05, 3.63) is 36.0 Å². The monoisotopic (exact) mass is 431 g/mol. The Bertz CT molecular complexity index is 790. The van der Waals surface area contributed by atoms with Crippen LogP contribution in [0.1, 0.15) is 51.9 Å². The smallest absolute Gasteiger partial charge is 0.326 e. The van der Waals surface area contributed by atoms with Crippen molar-refractivity contribution in [2.45, 2.75) is 75.7 Å². The quantitative estimate of drug-likeness (QED) is 0.211. The van der Waals surface area contributed by atoms with E-state index in [0.717, 1.165) is 18.5 Å². The van der Waals surface area contributed by atoms with Gasteiger partial charge in [0, 0.05) is 25.0 Å². The first-order valence-corrected chi connectivity index (χ1v) is 11.2. The maximum Gasteiger partial charge on any atom is 0.326 e. The van der Waals surface area contributed by atoms with E-state index < -0.39 is 23.8 Å². The minimum Gasteiger partial charge on any atom is -0.480 e. The van der Waals surface area contributed by atoms with Gasteiger partial charge in [0.05, 0.1) is 12.1 Å². The van der Waals surface area contributed by atoms with E-state index in [-0.39, 0.29) is 30.6 Å². The highest BCUT2D eigenvalue weighted by Gasteiger charge is 2.68. The van der Waals surface area contributed by atoms with Crippen LogP contribution in [0.4, 0.5) is 0 Å². The van der Waals surface area contributed by atoms with Crippen LogP contribution in [-0.4, -0.2) is 53.2 Å². The second-order valence-corrected chi connectivity index (χ2v) is 8.57. The van der Waals surface area contributed by atoms with Crippen molar-refractivity contribution in [3.63, 3.8) is 0 Å². The molecule has 8 nitrogen and oxygen atoms in total.